The molecule has 1 aromatic carbocycles. The van der Waals surface area contributed by atoms with E-state index >= 15 is 0 Å². The van der Waals surface area contributed by atoms with Crippen molar-refractivity contribution in [3.8, 4) is 0 Å². The van der Waals surface area contributed by atoms with Gasteiger partial charge in [0.25, 0.3) is 0 Å². The van der Waals surface area contributed by atoms with Crippen LogP contribution in [-0.2, 0) is 0 Å². The second kappa shape index (κ2) is 4.58. The van der Waals surface area contributed by atoms with E-state index in [0.717, 1.165) is 10.6 Å². The van der Waals surface area contributed by atoms with Crippen LogP contribution in [0.5, 0.6) is 0 Å². The number of rotatable bonds is 3. The first kappa shape index (κ1) is 10.5. The summed E-state index contributed by atoms with van der Waals surface area (Å²) < 4.78 is 0. The Labute approximate surface area is 88.9 Å². The highest BCUT2D eigenvalue weighted by Crippen LogP contribution is 2.26. The van der Waals surface area contributed by atoms with Gasteiger partial charge in [0.1, 0.15) is 0 Å². The molecule has 3 heteroatoms. The number of hydrogen-bond acceptors (Lipinski definition) is 1. The van der Waals surface area contributed by atoms with Crippen LogP contribution in [0, 0.1) is 0 Å². The fourth-order valence-corrected chi connectivity index (χ4v) is 1.86. The molecule has 1 rings (SSSR count). The maximum atomic E-state index is 6.02. The smallest absolute Gasteiger partial charge is 0.0733 e. The van der Waals surface area contributed by atoms with Crippen LogP contribution in [-0.4, -0.2) is 4.99 Å². The molecule has 13 heavy (non-hydrogen) atoms. The van der Waals surface area contributed by atoms with Crippen molar-refractivity contribution >= 4 is 28.8 Å². The third kappa shape index (κ3) is 2.98. The van der Waals surface area contributed by atoms with E-state index < -0.39 is 0 Å². The Hall–Kier alpha value is -0.600. The highest BCUT2D eigenvalue weighted by Gasteiger charge is 2.09. The van der Waals surface area contributed by atoms with Crippen LogP contribution in [0.4, 0.5) is 0 Å². The molecule has 0 saturated carbocycles. The zero-order chi connectivity index (χ0) is 9.84. The van der Waals surface area contributed by atoms with Gasteiger partial charge in [0.05, 0.1) is 4.99 Å². The molecule has 1 unspecified atom stereocenters. The summed E-state index contributed by atoms with van der Waals surface area (Å²) >= 11 is 10.9. The van der Waals surface area contributed by atoms with Crippen LogP contribution >= 0.6 is 23.8 Å². The first-order valence-electron chi connectivity index (χ1n) is 4.14. The predicted octanol–water partition coefficient (Wildman–Crippen LogP) is 3.12. The molecule has 1 aromatic rings. The van der Waals surface area contributed by atoms with Gasteiger partial charge < -0.3 is 5.73 Å². The van der Waals surface area contributed by atoms with Gasteiger partial charge in [0, 0.05) is 11.4 Å². The van der Waals surface area contributed by atoms with Crippen molar-refractivity contribution in [2.24, 2.45) is 5.73 Å². The van der Waals surface area contributed by atoms with Gasteiger partial charge in [-0.3, -0.25) is 0 Å². The number of thiocarbonyl (C=S) groups is 1. The Morgan fingerprint density at radius 2 is 2.15 bits per heavy atom. The zero-order valence-corrected chi connectivity index (χ0v) is 9.03. The Morgan fingerprint density at radius 1 is 1.54 bits per heavy atom. The fraction of sp³-hybridized carbons (Fsp3) is 0.300. The van der Waals surface area contributed by atoms with Gasteiger partial charge >= 0.3 is 0 Å². The van der Waals surface area contributed by atoms with Crippen molar-refractivity contribution in [2.45, 2.75) is 19.3 Å². The first-order chi connectivity index (χ1) is 6.11. The topological polar surface area (TPSA) is 26.0 Å². The largest absolute Gasteiger partial charge is 0.393 e. The quantitative estimate of drug-likeness (QED) is 0.781. The molecule has 0 bridgehead atoms. The van der Waals surface area contributed by atoms with E-state index in [1.54, 1.807) is 0 Å². The number of benzene rings is 1. The van der Waals surface area contributed by atoms with Crippen molar-refractivity contribution in [3.05, 3.63) is 34.9 Å². The minimum absolute atomic E-state index is 0.297. The summed E-state index contributed by atoms with van der Waals surface area (Å²) in [5.74, 6) is 0.297. The number of halogens is 1. The van der Waals surface area contributed by atoms with Crippen LogP contribution in [0.15, 0.2) is 24.3 Å². The molecule has 0 heterocycles. The molecule has 0 saturated heterocycles. The normalized spacial score (nSPS) is 12.5. The Kier molecular flexibility index (Phi) is 3.70. The number of hydrogen-bond donors (Lipinski definition) is 1. The van der Waals surface area contributed by atoms with E-state index in [-0.39, 0.29) is 0 Å². The lowest BCUT2D eigenvalue weighted by Crippen LogP contribution is -2.11. The molecule has 0 aliphatic heterocycles. The Balaban J connectivity index is 2.82. The van der Waals surface area contributed by atoms with E-state index in [0.29, 0.717) is 17.3 Å². The van der Waals surface area contributed by atoms with E-state index in [9.17, 15) is 0 Å². The van der Waals surface area contributed by atoms with Crippen molar-refractivity contribution in [1.29, 1.82) is 0 Å². The maximum Gasteiger partial charge on any atom is 0.0733 e. The molecule has 0 spiro atoms. The predicted molar refractivity (Wildman–Crippen MR) is 61.3 cm³/mol. The van der Waals surface area contributed by atoms with Crippen molar-refractivity contribution in [2.75, 3.05) is 0 Å². The van der Waals surface area contributed by atoms with Gasteiger partial charge in [-0.25, -0.2) is 0 Å². The zero-order valence-electron chi connectivity index (χ0n) is 7.46. The number of nitrogens with two attached hydrogens (primary N) is 1. The molecule has 0 aliphatic carbocycles. The molecule has 0 amide bonds. The van der Waals surface area contributed by atoms with Gasteiger partial charge in [0.15, 0.2) is 0 Å². The molecule has 0 radical (unpaired) electrons. The lowest BCUT2D eigenvalue weighted by Gasteiger charge is -2.11. The van der Waals surface area contributed by atoms with Gasteiger partial charge in [0.2, 0.25) is 0 Å². The average molecular weight is 214 g/mol. The molecular formula is C10H12ClNS. The van der Waals surface area contributed by atoms with Crippen LogP contribution < -0.4 is 5.73 Å². The third-order valence-corrected chi connectivity index (χ3v) is 2.45. The maximum absolute atomic E-state index is 6.02. The van der Waals surface area contributed by atoms with E-state index in [4.69, 9.17) is 29.6 Å². The molecule has 1 nitrogen and oxygen atoms in total. The third-order valence-electron chi connectivity index (χ3n) is 1.94. The second-order valence-electron chi connectivity index (χ2n) is 3.09. The highest BCUT2D eigenvalue weighted by atomic mass is 35.5. The van der Waals surface area contributed by atoms with Crippen LogP contribution in [0.25, 0.3) is 0 Å². The highest BCUT2D eigenvalue weighted by molar-refractivity contribution is 7.80. The standard InChI is InChI=1S/C10H12ClNS/c1-7(6-10(12)13)8-4-2-3-5-9(8)11/h2-5,7H,6H2,1H3,(H2,12,13). The summed E-state index contributed by atoms with van der Waals surface area (Å²) in [5.41, 5.74) is 6.58. The monoisotopic (exact) mass is 213 g/mol. The molecule has 2 N–H and O–H groups in total. The van der Waals surface area contributed by atoms with Crippen LogP contribution in [0.3, 0.4) is 0 Å². The molecule has 1 atom stereocenters. The molecule has 0 aliphatic rings. The van der Waals surface area contributed by atoms with Gasteiger partial charge in [-0.2, -0.15) is 0 Å². The Morgan fingerprint density at radius 3 is 2.69 bits per heavy atom. The summed E-state index contributed by atoms with van der Waals surface area (Å²) in [6, 6.07) is 7.77. The summed E-state index contributed by atoms with van der Waals surface area (Å²) in [4.78, 5) is 0.535. The summed E-state index contributed by atoms with van der Waals surface area (Å²) in [5, 5.41) is 0.784. The van der Waals surface area contributed by atoms with E-state index in [2.05, 4.69) is 6.92 Å². The molecule has 70 valence electrons. The van der Waals surface area contributed by atoms with Crippen molar-refractivity contribution < 1.29 is 0 Å². The van der Waals surface area contributed by atoms with Gasteiger partial charge in [-0.05, 0) is 17.5 Å². The van der Waals surface area contributed by atoms with Crippen molar-refractivity contribution in [1.82, 2.24) is 0 Å². The lowest BCUT2D eigenvalue weighted by atomic mass is 9.98. The summed E-state index contributed by atoms with van der Waals surface area (Å²) in [6.07, 6.45) is 0.707. The van der Waals surface area contributed by atoms with Crippen LogP contribution in [0.1, 0.15) is 24.8 Å². The average Bonchev–Trinajstić information content (AvgIpc) is 2.03. The molecule has 0 fully saturated rings. The van der Waals surface area contributed by atoms with Gasteiger partial charge in [-0.1, -0.05) is 48.9 Å². The van der Waals surface area contributed by atoms with Crippen molar-refractivity contribution in [3.63, 3.8) is 0 Å². The minimum Gasteiger partial charge on any atom is -0.393 e. The first-order valence-corrected chi connectivity index (χ1v) is 4.92. The minimum atomic E-state index is 0.297. The fourth-order valence-electron chi connectivity index (χ4n) is 1.29. The van der Waals surface area contributed by atoms with E-state index in [1.807, 2.05) is 24.3 Å². The summed E-state index contributed by atoms with van der Waals surface area (Å²) in [6.45, 7) is 2.07. The second-order valence-corrected chi connectivity index (χ2v) is 4.02. The molecular weight excluding hydrogens is 202 g/mol. The SMILES string of the molecule is CC(CC(N)=S)c1ccccc1Cl. The lowest BCUT2D eigenvalue weighted by molar-refractivity contribution is 0.807. The van der Waals surface area contributed by atoms with Crippen LogP contribution in [0.2, 0.25) is 5.02 Å². The molecule has 0 aromatic heterocycles. The van der Waals surface area contributed by atoms with E-state index in [1.165, 1.54) is 0 Å². The summed E-state index contributed by atoms with van der Waals surface area (Å²) in [7, 11) is 0. The van der Waals surface area contributed by atoms with Gasteiger partial charge in [-0.15, -0.1) is 0 Å². The Bertz CT molecular complexity index is 312.